The molecule has 2 heteroatoms. The average molecular weight is 172 g/mol. The molecule has 0 aromatic rings. The smallest absolute Gasteiger partial charge is 0.212 e. The first-order valence-electron chi connectivity index (χ1n) is 4.03. The first-order chi connectivity index (χ1) is 5.09. The van der Waals surface area contributed by atoms with Crippen LogP contribution in [0, 0.1) is 5.92 Å². The van der Waals surface area contributed by atoms with E-state index in [1.165, 1.54) is 0 Å². The van der Waals surface area contributed by atoms with E-state index < -0.39 is 0 Å². The minimum absolute atomic E-state index is 0.0894. The number of hydrogen-bond donors (Lipinski definition) is 1. The van der Waals surface area contributed by atoms with Crippen LogP contribution in [0.5, 0.6) is 0 Å². The van der Waals surface area contributed by atoms with Crippen LogP contribution in [0.25, 0.3) is 0 Å². The van der Waals surface area contributed by atoms with Gasteiger partial charge in [0, 0.05) is 5.57 Å². The van der Waals surface area contributed by atoms with E-state index in [-0.39, 0.29) is 5.12 Å². The molecule has 0 saturated carbocycles. The fraction of sp³-hybridized carbons (Fsp3) is 0.667. The van der Waals surface area contributed by atoms with Gasteiger partial charge in [0.05, 0.1) is 0 Å². The second kappa shape index (κ2) is 5.42. The van der Waals surface area contributed by atoms with Crippen molar-refractivity contribution in [2.24, 2.45) is 5.92 Å². The highest BCUT2D eigenvalue weighted by Gasteiger charge is 2.07. The average Bonchev–Trinajstić information content (AvgIpc) is 1.87. The molecule has 0 aliphatic rings. The zero-order valence-corrected chi connectivity index (χ0v) is 8.32. The van der Waals surface area contributed by atoms with Crippen molar-refractivity contribution in [1.82, 2.24) is 0 Å². The monoisotopic (exact) mass is 172 g/mol. The van der Waals surface area contributed by atoms with Crippen LogP contribution in [0.3, 0.4) is 0 Å². The lowest BCUT2D eigenvalue weighted by atomic mass is 10.0. The van der Waals surface area contributed by atoms with Crippen LogP contribution < -0.4 is 0 Å². The Labute approximate surface area is 74.3 Å². The molecule has 0 saturated heterocycles. The molecular formula is C9H16OS. The van der Waals surface area contributed by atoms with E-state index >= 15 is 0 Å². The summed E-state index contributed by atoms with van der Waals surface area (Å²) in [6.45, 7) is 6.11. The molecule has 0 aromatic heterocycles. The summed E-state index contributed by atoms with van der Waals surface area (Å²) in [4.78, 5) is 10.9. The number of carbonyl (C=O) groups is 1. The summed E-state index contributed by atoms with van der Waals surface area (Å²) in [6.07, 6.45) is 4.04. The van der Waals surface area contributed by atoms with Gasteiger partial charge < -0.3 is 0 Å². The van der Waals surface area contributed by atoms with Gasteiger partial charge in [0.2, 0.25) is 5.12 Å². The van der Waals surface area contributed by atoms with Gasteiger partial charge in [0.1, 0.15) is 0 Å². The number of hydrogen-bond acceptors (Lipinski definition) is 1. The van der Waals surface area contributed by atoms with E-state index in [0.717, 1.165) is 18.4 Å². The van der Waals surface area contributed by atoms with Crippen LogP contribution >= 0.6 is 12.6 Å². The second-order valence-electron chi connectivity index (χ2n) is 2.91. The Morgan fingerprint density at radius 3 is 2.36 bits per heavy atom. The van der Waals surface area contributed by atoms with Crippen LogP contribution in [-0.4, -0.2) is 5.12 Å². The molecule has 1 nitrogen and oxygen atoms in total. The van der Waals surface area contributed by atoms with Gasteiger partial charge in [-0.25, -0.2) is 0 Å². The van der Waals surface area contributed by atoms with Crippen LogP contribution in [0.2, 0.25) is 0 Å². The first kappa shape index (κ1) is 10.8. The third-order valence-electron chi connectivity index (χ3n) is 1.52. The van der Waals surface area contributed by atoms with Crippen LogP contribution in [-0.2, 0) is 4.79 Å². The molecule has 0 unspecified atom stereocenters. The van der Waals surface area contributed by atoms with Gasteiger partial charge in [-0.1, -0.05) is 33.3 Å². The Bertz CT molecular complexity index is 159. The molecule has 0 radical (unpaired) electrons. The standard InChI is InChI=1S/C9H16OS/c1-4-5-6-8(7(2)3)9(10)11/h6-7H,4-5H2,1-3H3,(H,10,11)/b8-6+. The highest BCUT2D eigenvalue weighted by atomic mass is 32.1. The maximum atomic E-state index is 10.9. The fourth-order valence-corrected chi connectivity index (χ4v) is 1.22. The Balaban J connectivity index is 4.21. The number of unbranched alkanes of at least 4 members (excludes halogenated alkanes) is 1. The summed E-state index contributed by atoms with van der Waals surface area (Å²) in [7, 11) is 0. The number of rotatable bonds is 4. The molecule has 0 N–H and O–H groups in total. The van der Waals surface area contributed by atoms with Crippen molar-refractivity contribution in [2.75, 3.05) is 0 Å². The molecule has 0 aliphatic heterocycles. The minimum atomic E-state index is -0.0894. The van der Waals surface area contributed by atoms with Gasteiger partial charge in [-0.05, 0) is 12.3 Å². The van der Waals surface area contributed by atoms with Gasteiger partial charge in [0.15, 0.2) is 0 Å². The van der Waals surface area contributed by atoms with Gasteiger partial charge in [-0.2, -0.15) is 0 Å². The quantitative estimate of drug-likeness (QED) is 0.509. The molecule has 0 aliphatic carbocycles. The highest BCUT2D eigenvalue weighted by Crippen LogP contribution is 2.13. The lowest BCUT2D eigenvalue weighted by Crippen LogP contribution is -2.01. The molecule has 0 aromatic carbocycles. The first-order valence-corrected chi connectivity index (χ1v) is 4.47. The van der Waals surface area contributed by atoms with Crippen molar-refractivity contribution in [3.63, 3.8) is 0 Å². The highest BCUT2D eigenvalue weighted by molar-refractivity contribution is 7.97. The predicted octanol–water partition coefficient (Wildman–Crippen LogP) is 2.83. The number of allylic oxidation sites excluding steroid dienone is 1. The number of carbonyl (C=O) groups excluding carboxylic acids is 1. The summed E-state index contributed by atoms with van der Waals surface area (Å²) in [6, 6.07) is 0. The van der Waals surface area contributed by atoms with E-state index in [0.29, 0.717) is 5.92 Å². The van der Waals surface area contributed by atoms with Crippen molar-refractivity contribution in [1.29, 1.82) is 0 Å². The topological polar surface area (TPSA) is 17.1 Å². The van der Waals surface area contributed by atoms with Crippen molar-refractivity contribution in [2.45, 2.75) is 33.6 Å². The molecule has 64 valence electrons. The van der Waals surface area contributed by atoms with Crippen molar-refractivity contribution < 1.29 is 4.79 Å². The van der Waals surface area contributed by atoms with E-state index in [4.69, 9.17) is 0 Å². The molecule has 0 fully saturated rings. The third-order valence-corrected chi connectivity index (χ3v) is 1.78. The third kappa shape index (κ3) is 4.25. The molecular weight excluding hydrogens is 156 g/mol. The van der Waals surface area contributed by atoms with E-state index in [9.17, 15) is 4.79 Å². The molecule has 0 spiro atoms. The zero-order valence-electron chi connectivity index (χ0n) is 7.42. The Hall–Kier alpha value is -0.240. The van der Waals surface area contributed by atoms with Crippen LogP contribution in [0.4, 0.5) is 0 Å². The molecule has 0 heterocycles. The van der Waals surface area contributed by atoms with E-state index in [1.54, 1.807) is 0 Å². The SMILES string of the molecule is CCC/C=C(/C(=O)S)C(C)C. The second-order valence-corrected chi connectivity index (χ2v) is 3.31. The predicted molar refractivity (Wildman–Crippen MR) is 51.8 cm³/mol. The van der Waals surface area contributed by atoms with Gasteiger partial charge in [-0.15, -0.1) is 12.6 Å². The van der Waals surface area contributed by atoms with E-state index in [2.05, 4.69) is 19.6 Å². The van der Waals surface area contributed by atoms with E-state index in [1.807, 2.05) is 19.9 Å². The van der Waals surface area contributed by atoms with Crippen molar-refractivity contribution in [3.05, 3.63) is 11.6 Å². The Morgan fingerprint density at radius 1 is 1.55 bits per heavy atom. The summed E-state index contributed by atoms with van der Waals surface area (Å²) in [5, 5.41) is -0.0894. The van der Waals surface area contributed by atoms with Crippen LogP contribution in [0.15, 0.2) is 11.6 Å². The lowest BCUT2D eigenvalue weighted by molar-refractivity contribution is -0.108. The molecule has 11 heavy (non-hydrogen) atoms. The van der Waals surface area contributed by atoms with Gasteiger partial charge in [0.25, 0.3) is 0 Å². The molecule has 0 amide bonds. The molecule has 0 atom stereocenters. The van der Waals surface area contributed by atoms with Crippen molar-refractivity contribution in [3.8, 4) is 0 Å². The Morgan fingerprint density at radius 2 is 2.09 bits per heavy atom. The fourth-order valence-electron chi connectivity index (χ4n) is 0.870. The maximum absolute atomic E-state index is 10.9. The maximum Gasteiger partial charge on any atom is 0.212 e. The summed E-state index contributed by atoms with van der Waals surface area (Å²) >= 11 is 3.80. The van der Waals surface area contributed by atoms with Gasteiger partial charge >= 0.3 is 0 Å². The minimum Gasteiger partial charge on any atom is -0.282 e. The Kier molecular flexibility index (Phi) is 5.30. The number of thiol groups is 1. The normalized spacial score (nSPS) is 12.3. The van der Waals surface area contributed by atoms with Crippen LogP contribution in [0.1, 0.15) is 33.6 Å². The summed E-state index contributed by atoms with van der Waals surface area (Å²) in [5.41, 5.74) is 0.843. The van der Waals surface area contributed by atoms with Crippen molar-refractivity contribution >= 4 is 17.7 Å². The molecule has 0 rings (SSSR count). The lowest BCUT2D eigenvalue weighted by Gasteiger charge is -2.05. The summed E-state index contributed by atoms with van der Waals surface area (Å²) < 4.78 is 0. The largest absolute Gasteiger partial charge is 0.282 e. The zero-order chi connectivity index (χ0) is 8.85. The molecule has 0 bridgehead atoms. The summed E-state index contributed by atoms with van der Waals surface area (Å²) in [5.74, 6) is 0.298. The van der Waals surface area contributed by atoms with Gasteiger partial charge in [-0.3, -0.25) is 4.79 Å².